The van der Waals surface area contributed by atoms with Crippen LogP contribution in [0.5, 0.6) is 5.75 Å². The standard InChI is InChI=1S/C18H24N2O2/c1-4-5-12-20-17(11-10-16(19)18(20)21)14-6-8-15(9-7-14)22-13(2)3/h6-11,13H,4-5,12,19H2,1-3H3. The molecule has 118 valence electrons. The van der Waals surface area contributed by atoms with Gasteiger partial charge in [0.05, 0.1) is 17.5 Å². The fraction of sp³-hybridized carbons (Fsp3) is 0.389. The third kappa shape index (κ3) is 3.70. The molecule has 2 N–H and O–H groups in total. The third-order valence-corrected chi connectivity index (χ3v) is 3.46. The van der Waals surface area contributed by atoms with Crippen molar-refractivity contribution in [3.8, 4) is 17.0 Å². The molecule has 22 heavy (non-hydrogen) atoms. The average Bonchev–Trinajstić information content (AvgIpc) is 2.49. The number of aromatic nitrogens is 1. The summed E-state index contributed by atoms with van der Waals surface area (Å²) in [6, 6.07) is 11.4. The number of pyridine rings is 1. The van der Waals surface area contributed by atoms with E-state index in [-0.39, 0.29) is 11.7 Å². The molecule has 2 aromatic rings. The summed E-state index contributed by atoms with van der Waals surface area (Å²) in [5, 5.41) is 0. The van der Waals surface area contributed by atoms with Crippen molar-refractivity contribution >= 4 is 5.69 Å². The highest BCUT2D eigenvalue weighted by molar-refractivity contribution is 5.62. The van der Waals surface area contributed by atoms with Crippen molar-refractivity contribution in [3.63, 3.8) is 0 Å². The Morgan fingerprint density at radius 3 is 2.41 bits per heavy atom. The number of nitrogens with zero attached hydrogens (tertiary/aromatic N) is 1. The first kappa shape index (κ1) is 16.1. The summed E-state index contributed by atoms with van der Waals surface area (Å²) in [7, 11) is 0. The Morgan fingerprint density at radius 1 is 1.14 bits per heavy atom. The van der Waals surface area contributed by atoms with E-state index >= 15 is 0 Å². The minimum atomic E-state index is -0.117. The number of hydrogen-bond acceptors (Lipinski definition) is 3. The number of unbranched alkanes of at least 4 members (excludes halogenated alkanes) is 1. The van der Waals surface area contributed by atoms with Gasteiger partial charge in [-0.15, -0.1) is 0 Å². The van der Waals surface area contributed by atoms with E-state index in [0.29, 0.717) is 12.2 Å². The highest BCUT2D eigenvalue weighted by Gasteiger charge is 2.09. The van der Waals surface area contributed by atoms with Gasteiger partial charge in [-0.25, -0.2) is 0 Å². The number of ether oxygens (including phenoxy) is 1. The first-order valence-electron chi connectivity index (χ1n) is 7.79. The molecule has 1 heterocycles. The quantitative estimate of drug-likeness (QED) is 0.885. The third-order valence-electron chi connectivity index (χ3n) is 3.46. The Balaban J connectivity index is 2.39. The minimum absolute atomic E-state index is 0.117. The number of anilines is 1. The van der Waals surface area contributed by atoms with E-state index < -0.39 is 0 Å². The van der Waals surface area contributed by atoms with Gasteiger partial charge in [-0.1, -0.05) is 13.3 Å². The maximum atomic E-state index is 12.3. The first-order valence-corrected chi connectivity index (χ1v) is 7.79. The Kier molecular flexibility index (Phi) is 5.26. The topological polar surface area (TPSA) is 57.2 Å². The van der Waals surface area contributed by atoms with Gasteiger partial charge in [-0.05, 0) is 62.2 Å². The lowest BCUT2D eigenvalue weighted by Crippen LogP contribution is -2.24. The van der Waals surface area contributed by atoms with E-state index in [4.69, 9.17) is 10.5 Å². The van der Waals surface area contributed by atoms with Crippen LogP contribution < -0.4 is 16.0 Å². The van der Waals surface area contributed by atoms with Crippen LogP contribution in [-0.2, 0) is 6.54 Å². The van der Waals surface area contributed by atoms with Crippen LogP contribution in [0, 0.1) is 0 Å². The maximum absolute atomic E-state index is 12.3. The Hall–Kier alpha value is -2.23. The molecule has 4 nitrogen and oxygen atoms in total. The van der Waals surface area contributed by atoms with Crippen LogP contribution in [0.1, 0.15) is 33.6 Å². The number of benzene rings is 1. The van der Waals surface area contributed by atoms with Gasteiger partial charge >= 0.3 is 0 Å². The zero-order chi connectivity index (χ0) is 16.1. The Morgan fingerprint density at radius 2 is 1.82 bits per heavy atom. The number of hydrogen-bond donors (Lipinski definition) is 1. The summed E-state index contributed by atoms with van der Waals surface area (Å²) in [5.74, 6) is 0.830. The van der Waals surface area contributed by atoms with Crippen LogP contribution >= 0.6 is 0 Å². The van der Waals surface area contributed by atoms with Gasteiger partial charge in [0, 0.05) is 6.54 Å². The van der Waals surface area contributed by atoms with Crippen LogP contribution in [0.2, 0.25) is 0 Å². The molecule has 0 aliphatic heterocycles. The Labute approximate surface area is 131 Å². The molecule has 0 bridgehead atoms. The van der Waals surface area contributed by atoms with Gasteiger partial charge in [0.2, 0.25) is 0 Å². The summed E-state index contributed by atoms with van der Waals surface area (Å²) in [6.45, 7) is 6.78. The smallest absolute Gasteiger partial charge is 0.274 e. The van der Waals surface area contributed by atoms with E-state index in [9.17, 15) is 4.79 Å². The van der Waals surface area contributed by atoms with Crippen LogP contribution in [0.25, 0.3) is 11.3 Å². The summed E-state index contributed by atoms with van der Waals surface area (Å²) < 4.78 is 7.42. The zero-order valence-corrected chi connectivity index (χ0v) is 13.5. The molecule has 4 heteroatoms. The summed E-state index contributed by atoms with van der Waals surface area (Å²) in [6.07, 6.45) is 2.12. The molecule has 0 aliphatic carbocycles. The van der Waals surface area contributed by atoms with Gasteiger partial charge in [-0.3, -0.25) is 4.79 Å². The second-order valence-corrected chi connectivity index (χ2v) is 5.68. The first-order chi connectivity index (χ1) is 10.5. The molecule has 2 rings (SSSR count). The van der Waals surface area contributed by atoms with Crippen molar-refractivity contribution in [2.24, 2.45) is 0 Å². The Bertz CT molecular complexity index is 672. The number of nitrogen functional groups attached to an aromatic ring is 1. The van der Waals surface area contributed by atoms with Gasteiger partial charge < -0.3 is 15.0 Å². The molecule has 0 aliphatic rings. The van der Waals surface area contributed by atoms with Crippen molar-refractivity contribution in [2.45, 2.75) is 46.3 Å². The van der Waals surface area contributed by atoms with Crippen LogP contribution in [0.15, 0.2) is 41.2 Å². The molecular formula is C18H24N2O2. The van der Waals surface area contributed by atoms with Gasteiger partial charge in [0.15, 0.2) is 0 Å². The number of nitrogens with two attached hydrogens (primary N) is 1. The van der Waals surface area contributed by atoms with Crippen molar-refractivity contribution < 1.29 is 4.74 Å². The van der Waals surface area contributed by atoms with Gasteiger partial charge in [0.25, 0.3) is 5.56 Å². The van der Waals surface area contributed by atoms with Gasteiger partial charge in [0.1, 0.15) is 5.75 Å². The summed E-state index contributed by atoms with van der Waals surface area (Å²) in [5.41, 5.74) is 7.82. The largest absolute Gasteiger partial charge is 0.491 e. The molecule has 0 radical (unpaired) electrons. The lowest BCUT2D eigenvalue weighted by molar-refractivity contribution is 0.242. The predicted octanol–water partition coefficient (Wildman–Crippen LogP) is 3.68. The molecule has 0 atom stereocenters. The normalized spacial score (nSPS) is 10.9. The SMILES string of the molecule is CCCCn1c(-c2ccc(OC(C)C)cc2)ccc(N)c1=O. The monoisotopic (exact) mass is 300 g/mol. The molecular weight excluding hydrogens is 276 g/mol. The van der Waals surface area contributed by atoms with Crippen molar-refractivity contribution in [1.82, 2.24) is 4.57 Å². The molecule has 0 fully saturated rings. The van der Waals surface area contributed by atoms with E-state index in [2.05, 4.69) is 6.92 Å². The predicted molar refractivity (Wildman–Crippen MR) is 91.2 cm³/mol. The highest BCUT2D eigenvalue weighted by atomic mass is 16.5. The van der Waals surface area contributed by atoms with E-state index in [0.717, 1.165) is 29.8 Å². The van der Waals surface area contributed by atoms with Crippen LogP contribution in [0.4, 0.5) is 5.69 Å². The lowest BCUT2D eigenvalue weighted by Gasteiger charge is -2.15. The second kappa shape index (κ2) is 7.16. The molecule has 1 aromatic heterocycles. The maximum Gasteiger partial charge on any atom is 0.274 e. The molecule has 0 saturated carbocycles. The molecule has 0 unspecified atom stereocenters. The average molecular weight is 300 g/mol. The van der Waals surface area contributed by atoms with Crippen molar-refractivity contribution in [3.05, 3.63) is 46.8 Å². The molecule has 1 aromatic carbocycles. The fourth-order valence-corrected chi connectivity index (χ4v) is 2.36. The van der Waals surface area contributed by atoms with E-state index in [1.54, 1.807) is 10.6 Å². The fourth-order valence-electron chi connectivity index (χ4n) is 2.36. The van der Waals surface area contributed by atoms with E-state index in [1.165, 1.54) is 0 Å². The molecule has 0 saturated heterocycles. The lowest BCUT2D eigenvalue weighted by atomic mass is 10.1. The van der Waals surface area contributed by atoms with Gasteiger partial charge in [-0.2, -0.15) is 0 Å². The molecule has 0 amide bonds. The molecule has 0 spiro atoms. The highest BCUT2D eigenvalue weighted by Crippen LogP contribution is 2.23. The van der Waals surface area contributed by atoms with Crippen molar-refractivity contribution in [2.75, 3.05) is 5.73 Å². The second-order valence-electron chi connectivity index (χ2n) is 5.68. The van der Waals surface area contributed by atoms with E-state index in [1.807, 2.05) is 44.2 Å². The van der Waals surface area contributed by atoms with Crippen LogP contribution in [-0.4, -0.2) is 10.7 Å². The summed E-state index contributed by atoms with van der Waals surface area (Å²) in [4.78, 5) is 12.3. The zero-order valence-electron chi connectivity index (χ0n) is 13.5. The van der Waals surface area contributed by atoms with Crippen LogP contribution in [0.3, 0.4) is 0 Å². The minimum Gasteiger partial charge on any atom is -0.491 e. The number of rotatable bonds is 6. The summed E-state index contributed by atoms with van der Waals surface area (Å²) >= 11 is 0. The van der Waals surface area contributed by atoms with Crippen molar-refractivity contribution in [1.29, 1.82) is 0 Å².